The predicted octanol–water partition coefficient (Wildman–Crippen LogP) is 1.18. The molecule has 2 aliphatic carbocycles. The predicted molar refractivity (Wildman–Crippen MR) is 75.1 cm³/mol. The van der Waals surface area contributed by atoms with Crippen molar-refractivity contribution in [3.05, 3.63) is 0 Å². The van der Waals surface area contributed by atoms with Crippen LogP contribution < -0.4 is 11.5 Å². The van der Waals surface area contributed by atoms with Crippen LogP contribution in [0.25, 0.3) is 0 Å². The van der Waals surface area contributed by atoms with Crippen LogP contribution in [-0.4, -0.2) is 34.2 Å². The van der Waals surface area contributed by atoms with Gasteiger partial charge in [-0.2, -0.15) is 0 Å². The van der Waals surface area contributed by atoms with E-state index in [1.54, 1.807) is 0 Å². The van der Waals surface area contributed by atoms with Crippen molar-refractivity contribution in [2.24, 2.45) is 23.3 Å². The third-order valence-electron chi connectivity index (χ3n) is 4.13. The van der Waals surface area contributed by atoms with Crippen molar-refractivity contribution in [2.45, 2.75) is 63.5 Å². The summed E-state index contributed by atoms with van der Waals surface area (Å²) in [6.07, 6.45) is 6.86. The molecule has 116 valence electrons. The summed E-state index contributed by atoms with van der Waals surface area (Å²) in [6, 6.07) is 0.240. The van der Waals surface area contributed by atoms with Gasteiger partial charge in [-0.15, -0.1) is 0 Å². The molecule has 4 atom stereocenters. The van der Waals surface area contributed by atoms with Gasteiger partial charge in [-0.05, 0) is 38.5 Å². The summed E-state index contributed by atoms with van der Waals surface area (Å²) < 4.78 is 0. The zero-order valence-electron chi connectivity index (χ0n) is 11.8. The fourth-order valence-electron chi connectivity index (χ4n) is 2.90. The minimum absolute atomic E-state index is 0.120. The number of carboxylic acid groups (broad SMARTS) is 2. The van der Waals surface area contributed by atoms with E-state index in [-0.39, 0.29) is 23.9 Å². The number of aliphatic carboxylic acids is 2. The van der Waals surface area contributed by atoms with E-state index in [2.05, 4.69) is 0 Å². The Kier molecular flexibility index (Phi) is 6.95. The molecule has 6 N–H and O–H groups in total. The fraction of sp³-hybridized carbons (Fsp3) is 0.857. The van der Waals surface area contributed by atoms with Gasteiger partial charge in [0.2, 0.25) is 0 Å². The second kappa shape index (κ2) is 8.21. The van der Waals surface area contributed by atoms with Crippen LogP contribution in [0.1, 0.15) is 51.4 Å². The lowest BCUT2D eigenvalue weighted by atomic mass is 9.86. The number of carboxylic acids is 2. The van der Waals surface area contributed by atoms with E-state index in [0.29, 0.717) is 12.8 Å². The maximum absolute atomic E-state index is 10.4. The highest BCUT2D eigenvalue weighted by molar-refractivity contribution is 5.70. The van der Waals surface area contributed by atoms with Gasteiger partial charge in [-0.1, -0.05) is 12.8 Å². The summed E-state index contributed by atoms with van der Waals surface area (Å²) >= 11 is 0. The summed E-state index contributed by atoms with van der Waals surface area (Å²) in [5.74, 6) is -1.72. The van der Waals surface area contributed by atoms with Gasteiger partial charge in [0.25, 0.3) is 0 Å². The lowest BCUT2D eigenvalue weighted by Gasteiger charge is -2.22. The Morgan fingerprint density at radius 3 is 1.30 bits per heavy atom. The Morgan fingerprint density at radius 1 is 0.750 bits per heavy atom. The van der Waals surface area contributed by atoms with Crippen LogP contribution in [0.2, 0.25) is 0 Å². The molecule has 0 heterocycles. The molecule has 0 saturated heterocycles. The van der Waals surface area contributed by atoms with Crippen LogP contribution in [0.3, 0.4) is 0 Å². The van der Waals surface area contributed by atoms with E-state index in [0.717, 1.165) is 38.5 Å². The number of carbonyl (C=O) groups is 2. The maximum Gasteiger partial charge on any atom is 0.306 e. The number of hydrogen-bond acceptors (Lipinski definition) is 4. The summed E-state index contributed by atoms with van der Waals surface area (Å²) in [4.78, 5) is 20.9. The minimum atomic E-state index is -0.685. The normalized spacial score (nSPS) is 33.7. The molecule has 2 rings (SSSR count). The molecular weight excluding hydrogens is 260 g/mol. The minimum Gasteiger partial charge on any atom is -0.481 e. The molecule has 0 aromatic rings. The zero-order chi connectivity index (χ0) is 15.1. The first kappa shape index (κ1) is 16.9. The van der Waals surface area contributed by atoms with Gasteiger partial charge < -0.3 is 21.7 Å². The largest absolute Gasteiger partial charge is 0.481 e. The molecule has 0 unspecified atom stereocenters. The smallest absolute Gasteiger partial charge is 0.306 e. The standard InChI is InChI=1S/2C7H13NO2/c2*8-6-3-1-2-5(4-6)7(9)10/h2*5-6H,1-4,8H2,(H,9,10)/t2*5-,6+/m10/s1. The van der Waals surface area contributed by atoms with E-state index < -0.39 is 11.9 Å². The van der Waals surface area contributed by atoms with Crippen LogP contribution in [0.4, 0.5) is 0 Å². The molecule has 20 heavy (non-hydrogen) atoms. The molecule has 0 radical (unpaired) electrons. The van der Waals surface area contributed by atoms with Crippen molar-refractivity contribution in [3.8, 4) is 0 Å². The van der Waals surface area contributed by atoms with E-state index in [1.165, 1.54) is 0 Å². The Morgan fingerprint density at radius 2 is 1.10 bits per heavy atom. The Bertz CT molecular complexity index is 303. The third kappa shape index (κ3) is 5.88. The van der Waals surface area contributed by atoms with E-state index in [9.17, 15) is 9.59 Å². The summed E-state index contributed by atoms with van der Waals surface area (Å²) in [7, 11) is 0. The van der Waals surface area contributed by atoms with E-state index in [4.69, 9.17) is 21.7 Å². The molecule has 0 aromatic heterocycles. The highest BCUT2D eigenvalue weighted by Crippen LogP contribution is 2.23. The Hall–Kier alpha value is -1.14. The van der Waals surface area contributed by atoms with Crippen LogP contribution in [0.15, 0.2) is 0 Å². The lowest BCUT2D eigenvalue weighted by Crippen LogP contribution is -2.31. The fourth-order valence-corrected chi connectivity index (χ4v) is 2.90. The number of hydrogen-bond donors (Lipinski definition) is 4. The molecular formula is C14H26N2O4. The zero-order valence-corrected chi connectivity index (χ0v) is 11.8. The summed E-state index contributed by atoms with van der Waals surface area (Å²) in [5, 5.41) is 17.2. The lowest BCUT2D eigenvalue weighted by molar-refractivity contribution is -0.143. The highest BCUT2D eigenvalue weighted by Gasteiger charge is 2.25. The van der Waals surface area contributed by atoms with Crippen molar-refractivity contribution in [3.63, 3.8) is 0 Å². The van der Waals surface area contributed by atoms with Gasteiger partial charge in [-0.25, -0.2) is 0 Å². The van der Waals surface area contributed by atoms with Crippen molar-refractivity contribution in [2.75, 3.05) is 0 Å². The molecule has 0 amide bonds. The van der Waals surface area contributed by atoms with Gasteiger partial charge in [0, 0.05) is 12.1 Å². The average molecular weight is 286 g/mol. The molecule has 6 nitrogen and oxygen atoms in total. The molecule has 2 fully saturated rings. The third-order valence-corrected chi connectivity index (χ3v) is 4.13. The van der Waals surface area contributed by atoms with Crippen molar-refractivity contribution in [1.82, 2.24) is 0 Å². The second-order valence-electron chi connectivity index (χ2n) is 5.92. The molecule has 0 aromatic carbocycles. The van der Waals surface area contributed by atoms with Crippen molar-refractivity contribution >= 4 is 11.9 Å². The molecule has 2 saturated carbocycles. The van der Waals surface area contributed by atoms with Crippen molar-refractivity contribution in [1.29, 1.82) is 0 Å². The van der Waals surface area contributed by atoms with Gasteiger partial charge in [0.05, 0.1) is 11.8 Å². The Balaban J connectivity index is 0.000000200. The van der Waals surface area contributed by atoms with Gasteiger partial charge >= 0.3 is 11.9 Å². The van der Waals surface area contributed by atoms with Crippen LogP contribution >= 0.6 is 0 Å². The van der Waals surface area contributed by atoms with E-state index in [1.807, 2.05) is 0 Å². The van der Waals surface area contributed by atoms with Gasteiger partial charge in [-0.3, -0.25) is 9.59 Å². The first-order chi connectivity index (χ1) is 9.40. The molecule has 0 aliphatic heterocycles. The molecule has 2 aliphatic rings. The highest BCUT2D eigenvalue weighted by atomic mass is 16.4. The van der Waals surface area contributed by atoms with Crippen LogP contribution in [0, 0.1) is 11.8 Å². The topological polar surface area (TPSA) is 127 Å². The SMILES string of the molecule is N[C@@H]1CCC[C@H](C(=O)O)C1.N[C@H]1CCC[C@@H](C(=O)O)C1. The monoisotopic (exact) mass is 286 g/mol. The quantitative estimate of drug-likeness (QED) is 0.603. The maximum atomic E-state index is 10.4. The first-order valence-corrected chi connectivity index (χ1v) is 7.37. The second-order valence-corrected chi connectivity index (χ2v) is 5.92. The number of rotatable bonds is 2. The molecule has 0 bridgehead atoms. The van der Waals surface area contributed by atoms with E-state index >= 15 is 0 Å². The Labute approximate surface area is 119 Å². The first-order valence-electron chi connectivity index (χ1n) is 7.37. The average Bonchev–Trinajstić information content (AvgIpc) is 2.39. The van der Waals surface area contributed by atoms with Crippen LogP contribution in [-0.2, 0) is 9.59 Å². The summed E-state index contributed by atoms with van der Waals surface area (Å²) in [5.41, 5.74) is 11.2. The molecule has 6 heteroatoms. The van der Waals surface area contributed by atoms with Gasteiger partial charge in [0.15, 0.2) is 0 Å². The van der Waals surface area contributed by atoms with Gasteiger partial charge in [0.1, 0.15) is 0 Å². The number of nitrogens with two attached hydrogens (primary N) is 2. The molecule has 0 spiro atoms. The van der Waals surface area contributed by atoms with Crippen LogP contribution in [0.5, 0.6) is 0 Å². The van der Waals surface area contributed by atoms with Crippen molar-refractivity contribution < 1.29 is 19.8 Å². The summed E-state index contributed by atoms with van der Waals surface area (Å²) in [6.45, 7) is 0.